The molecule has 0 aromatic rings. The topological polar surface area (TPSA) is 43.4 Å². The highest BCUT2D eigenvalue weighted by molar-refractivity contribution is 5.96. The number of hydrogen-bond acceptors (Lipinski definition) is 3. The largest absolute Gasteiger partial charge is 0.389 e. The Labute approximate surface area is 91.5 Å². The summed E-state index contributed by atoms with van der Waals surface area (Å²) in [6, 6.07) is 0. The normalized spacial score (nSPS) is 11.9. The predicted molar refractivity (Wildman–Crippen MR) is 59.2 cm³/mol. The summed E-state index contributed by atoms with van der Waals surface area (Å²) in [5.41, 5.74) is 0.342. The minimum Gasteiger partial charge on any atom is -0.389 e. The first-order valence-electron chi connectivity index (χ1n) is 5.50. The smallest absolute Gasteiger partial charge is 0.341 e. The Morgan fingerprint density at radius 3 is 2.27 bits per heavy atom. The lowest BCUT2D eigenvalue weighted by atomic mass is 10.0. The van der Waals surface area contributed by atoms with Gasteiger partial charge in [-0.05, 0) is 19.3 Å². The highest BCUT2D eigenvalue weighted by Gasteiger charge is 2.20. The van der Waals surface area contributed by atoms with E-state index in [2.05, 4.69) is 6.58 Å². The average molecular weight is 212 g/mol. The fourth-order valence-electron chi connectivity index (χ4n) is 1.23. The van der Waals surface area contributed by atoms with E-state index in [1.807, 2.05) is 13.8 Å². The lowest BCUT2D eigenvalue weighted by molar-refractivity contribution is -0.160. The number of rotatable bonds is 6. The molecule has 1 atom stereocenters. The molecule has 0 saturated carbocycles. The molecule has 0 amide bonds. The van der Waals surface area contributed by atoms with E-state index in [0.29, 0.717) is 18.4 Å². The van der Waals surface area contributed by atoms with E-state index >= 15 is 0 Å². The molecule has 0 aromatic heterocycles. The van der Waals surface area contributed by atoms with Gasteiger partial charge in [-0.1, -0.05) is 33.8 Å². The van der Waals surface area contributed by atoms with Gasteiger partial charge in [0.05, 0.1) is 5.92 Å². The molecule has 0 aliphatic rings. The predicted octanol–water partition coefficient (Wildman–Crippen LogP) is 2.85. The van der Waals surface area contributed by atoms with E-state index < -0.39 is 11.9 Å². The molecule has 3 heteroatoms. The van der Waals surface area contributed by atoms with Gasteiger partial charge in [-0.25, -0.2) is 4.79 Å². The van der Waals surface area contributed by atoms with Crippen molar-refractivity contribution >= 4 is 11.9 Å². The van der Waals surface area contributed by atoms with Crippen LogP contribution < -0.4 is 0 Å². The van der Waals surface area contributed by atoms with E-state index in [0.717, 1.165) is 12.8 Å². The Balaban J connectivity index is 4.21. The number of esters is 2. The number of hydrogen-bond donors (Lipinski definition) is 0. The molecule has 0 bridgehead atoms. The second-order valence-corrected chi connectivity index (χ2v) is 3.56. The third-order valence-corrected chi connectivity index (χ3v) is 2.37. The molecule has 15 heavy (non-hydrogen) atoms. The van der Waals surface area contributed by atoms with Gasteiger partial charge in [0.25, 0.3) is 0 Å². The van der Waals surface area contributed by atoms with Crippen molar-refractivity contribution < 1.29 is 14.3 Å². The Morgan fingerprint density at radius 1 is 1.27 bits per heavy atom. The van der Waals surface area contributed by atoms with Crippen LogP contribution in [0.4, 0.5) is 0 Å². The molecule has 3 nitrogen and oxygen atoms in total. The van der Waals surface area contributed by atoms with Crippen LogP contribution in [0, 0.1) is 5.92 Å². The lowest BCUT2D eigenvalue weighted by Gasteiger charge is -2.11. The van der Waals surface area contributed by atoms with Gasteiger partial charge < -0.3 is 4.74 Å². The molecular formula is C12H20O3. The van der Waals surface area contributed by atoms with Crippen molar-refractivity contribution in [2.45, 2.75) is 46.5 Å². The van der Waals surface area contributed by atoms with Crippen molar-refractivity contribution in [1.82, 2.24) is 0 Å². The zero-order valence-electron chi connectivity index (χ0n) is 9.84. The molecule has 0 rings (SSSR count). The SMILES string of the molecule is C=C(CC)C(=O)OC(=O)C(CC)CCC. The van der Waals surface area contributed by atoms with E-state index in [9.17, 15) is 9.59 Å². The Bertz CT molecular complexity index is 243. The van der Waals surface area contributed by atoms with Crippen molar-refractivity contribution in [3.8, 4) is 0 Å². The van der Waals surface area contributed by atoms with E-state index in [1.54, 1.807) is 6.92 Å². The van der Waals surface area contributed by atoms with Crippen molar-refractivity contribution in [3.05, 3.63) is 12.2 Å². The van der Waals surface area contributed by atoms with Crippen molar-refractivity contribution in [2.24, 2.45) is 5.92 Å². The fraction of sp³-hybridized carbons (Fsp3) is 0.667. The van der Waals surface area contributed by atoms with Crippen LogP contribution in [-0.4, -0.2) is 11.9 Å². The molecule has 0 spiro atoms. The minimum atomic E-state index is -0.586. The van der Waals surface area contributed by atoms with Crippen LogP contribution in [0.15, 0.2) is 12.2 Å². The quantitative estimate of drug-likeness (QED) is 0.386. The van der Waals surface area contributed by atoms with Gasteiger partial charge in [0.2, 0.25) is 0 Å². The monoisotopic (exact) mass is 212 g/mol. The summed E-state index contributed by atoms with van der Waals surface area (Å²) in [7, 11) is 0. The average Bonchev–Trinajstić information content (AvgIpc) is 2.24. The van der Waals surface area contributed by atoms with Gasteiger partial charge in [0, 0.05) is 5.57 Å². The molecule has 0 aromatic carbocycles. The van der Waals surface area contributed by atoms with Gasteiger partial charge >= 0.3 is 11.9 Å². The number of carbonyl (C=O) groups excluding carboxylic acids is 2. The summed E-state index contributed by atoms with van der Waals surface area (Å²) in [5.74, 6) is -1.17. The van der Waals surface area contributed by atoms with Crippen LogP contribution in [0.1, 0.15) is 46.5 Å². The molecule has 0 N–H and O–H groups in total. The third-order valence-electron chi connectivity index (χ3n) is 2.37. The first-order chi connectivity index (χ1) is 7.06. The van der Waals surface area contributed by atoms with Crippen LogP contribution in [0.2, 0.25) is 0 Å². The molecular weight excluding hydrogens is 192 g/mol. The van der Waals surface area contributed by atoms with Crippen LogP contribution in [0.5, 0.6) is 0 Å². The van der Waals surface area contributed by atoms with Gasteiger partial charge in [-0.15, -0.1) is 0 Å². The summed E-state index contributed by atoms with van der Waals surface area (Å²) >= 11 is 0. The second-order valence-electron chi connectivity index (χ2n) is 3.56. The maximum Gasteiger partial charge on any atom is 0.341 e. The standard InChI is InChI=1S/C12H20O3/c1-5-8-10(7-3)12(14)15-11(13)9(4)6-2/h10H,4-8H2,1-3H3. The Kier molecular flexibility index (Phi) is 6.67. The first-order valence-corrected chi connectivity index (χ1v) is 5.50. The van der Waals surface area contributed by atoms with Gasteiger partial charge in [-0.3, -0.25) is 4.79 Å². The molecule has 0 heterocycles. The zero-order valence-corrected chi connectivity index (χ0v) is 9.84. The highest BCUT2D eigenvalue weighted by atomic mass is 16.6. The summed E-state index contributed by atoms with van der Waals surface area (Å²) in [6.07, 6.45) is 2.90. The van der Waals surface area contributed by atoms with E-state index in [4.69, 9.17) is 4.74 Å². The molecule has 0 radical (unpaired) electrons. The minimum absolute atomic E-state index is 0.163. The number of ether oxygens (including phenoxy) is 1. The maximum absolute atomic E-state index is 11.5. The summed E-state index contributed by atoms with van der Waals surface area (Å²) in [4.78, 5) is 22.8. The number of carbonyl (C=O) groups is 2. The summed E-state index contributed by atoms with van der Waals surface area (Å²) in [6.45, 7) is 9.25. The fourth-order valence-corrected chi connectivity index (χ4v) is 1.23. The summed E-state index contributed by atoms with van der Waals surface area (Å²) in [5, 5.41) is 0. The van der Waals surface area contributed by atoms with Crippen LogP contribution >= 0.6 is 0 Å². The Morgan fingerprint density at radius 2 is 1.87 bits per heavy atom. The molecule has 0 saturated heterocycles. The van der Waals surface area contributed by atoms with Crippen molar-refractivity contribution in [3.63, 3.8) is 0 Å². The zero-order chi connectivity index (χ0) is 11.8. The van der Waals surface area contributed by atoms with E-state index in [-0.39, 0.29) is 5.92 Å². The van der Waals surface area contributed by atoms with Crippen LogP contribution in [0.25, 0.3) is 0 Å². The Hall–Kier alpha value is -1.12. The molecule has 0 fully saturated rings. The van der Waals surface area contributed by atoms with Gasteiger partial charge in [0.1, 0.15) is 0 Å². The molecule has 0 aliphatic carbocycles. The molecule has 0 aliphatic heterocycles. The first kappa shape index (κ1) is 13.9. The lowest BCUT2D eigenvalue weighted by Crippen LogP contribution is -2.21. The van der Waals surface area contributed by atoms with Gasteiger partial charge in [-0.2, -0.15) is 0 Å². The highest BCUT2D eigenvalue weighted by Crippen LogP contribution is 2.13. The second kappa shape index (κ2) is 7.21. The third kappa shape index (κ3) is 4.77. The maximum atomic E-state index is 11.5. The molecule has 1 unspecified atom stereocenters. The molecule has 86 valence electrons. The van der Waals surface area contributed by atoms with Crippen molar-refractivity contribution in [2.75, 3.05) is 0 Å². The van der Waals surface area contributed by atoms with Crippen molar-refractivity contribution in [1.29, 1.82) is 0 Å². The van der Waals surface area contributed by atoms with Crippen LogP contribution in [-0.2, 0) is 14.3 Å². The van der Waals surface area contributed by atoms with E-state index in [1.165, 1.54) is 0 Å². The van der Waals surface area contributed by atoms with Crippen LogP contribution in [0.3, 0.4) is 0 Å². The van der Waals surface area contributed by atoms with Gasteiger partial charge in [0.15, 0.2) is 0 Å². The summed E-state index contributed by atoms with van der Waals surface area (Å²) < 4.78 is 4.73.